The summed E-state index contributed by atoms with van der Waals surface area (Å²) in [6, 6.07) is 22.6. The quantitative estimate of drug-likeness (QED) is 0.293. The normalized spacial score (nSPS) is 18.4. The van der Waals surface area contributed by atoms with Gasteiger partial charge in [-0.1, -0.05) is 24.3 Å². The summed E-state index contributed by atoms with van der Waals surface area (Å²) >= 11 is 6.88. The molecular formula is C26H20Br2N4O4. The number of pyridine rings is 4. The Bertz CT molecular complexity index is 1300. The van der Waals surface area contributed by atoms with E-state index in [1.807, 2.05) is 72.8 Å². The zero-order valence-electron chi connectivity index (χ0n) is 18.9. The van der Waals surface area contributed by atoms with Gasteiger partial charge in [-0.3, -0.25) is 0 Å². The summed E-state index contributed by atoms with van der Waals surface area (Å²) in [5, 5.41) is 0. The first-order valence-electron chi connectivity index (χ1n) is 11.4. The summed E-state index contributed by atoms with van der Waals surface area (Å²) in [5.41, 5.74) is 3.72. The molecule has 2 fully saturated rings. The smallest absolute Gasteiger partial charge is 0.257 e. The SMILES string of the molecule is Brc1cccc(C2(c3cccc(-c4cccc(C5(c6cccc(Br)n6)OCCO5)n4)n3)OCCO2)n1. The van der Waals surface area contributed by atoms with Crippen molar-refractivity contribution in [2.75, 3.05) is 26.4 Å². The van der Waals surface area contributed by atoms with Crippen LogP contribution in [0.25, 0.3) is 11.4 Å². The van der Waals surface area contributed by atoms with Crippen molar-refractivity contribution >= 4 is 31.9 Å². The molecular weight excluding hydrogens is 592 g/mol. The third-order valence-corrected chi connectivity index (χ3v) is 6.81. The van der Waals surface area contributed by atoms with Crippen molar-refractivity contribution < 1.29 is 18.9 Å². The highest BCUT2D eigenvalue weighted by Gasteiger charge is 2.45. The maximum Gasteiger partial charge on any atom is 0.257 e. The standard InChI is InChI=1S/C26H20Br2N4O4/c27-23-11-3-9-21(31-23)25(33-13-14-34-25)19-7-1-5-17(29-19)18-6-2-8-20(30-18)26(35-15-16-36-26)22-10-4-12-24(28)32-22/h1-12H,13-16H2. The van der Waals surface area contributed by atoms with Gasteiger partial charge in [0.25, 0.3) is 11.6 Å². The molecule has 0 aromatic carbocycles. The molecule has 0 unspecified atom stereocenters. The fraction of sp³-hybridized carbons (Fsp3) is 0.231. The number of halogens is 2. The molecule has 0 aliphatic carbocycles. The number of ether oxygens (including phenoxy) is 4. The maximum absolute atomic E-state index is 6.11. The van der Waals surface area contributed by atoms with E-state index in [2.05, 4.69) is 41.8 Å². The average Bonchev–Trinajstić information content (AvgIpc) is 3.61. The van der Waals surface area contributed by atoms with Crippen LogP contribution in [0.3, 0.4) is 0 Å². The van der Waals surface area contributed by atoms with Crippen LogP contribution in [0.1, 0.15) is 22.8 Å². The molecule has 8 nitrogen and oxygen atoms in total. The third kappa shape index (κ3) is 4.17. The topological polar surface area (TPSA) is 88.5 Å². The van der Waals surface area contributed by atoms with Crippen molar-refractivity contribution in [2.24, 2.45) is 0 Å². The molecule has 0 atom stereocenters. The summed E-state index contributed by atoms with van der Waals surface area (Å²) in [6.07, 6.45) is 0. The van der Waals surface area contributed by atoms with Crippen LogP contribution in [0.5, 0.6) is 0 Å². The first kappa shape index (κ1) is 23.8. The van der Waals surface area contributed by atoms with Crippen molar-refractivity contribution in [3.05, 3.63) is 105 Å². The van der Waals surface area contributed by atoms with Gasteiger partial charge in [0.15, 0.2) is 0 Å². The molecule has 0 spiro atoms. The highest BCUT2D eigenvalue weighted by Crippen LogP contribution is 2.39. The molecule has 6 heterocycles. The zero-order valence-corrected chi connectivity index (χ0v) is 22.1. The van der Waals surface area contributed by atoms with Crippen molar-refractivity contribution in [3.63, 3.8) is 0 Å². The van der Waals surface area contributed by atoms with E-state index in [0.29, 0.717) is 69.8 Å². The Morgan fingerprint density at radius 2 is 0.806 bits per heavy atom. The second-order valence-electron chi connectivity index (χ2n) is 8.13. The Kier molecular flexibility index (Phi) is 6.40. The Labute approximate surface area is 224 Å². The number of rotatable bonds is 5. The Balaban J connectivity index is 1.42. The zero-order chi connectivity index (χ0) is 24.6. The van der Waals surface area contributed by atoms with Gasteiger partial charge in [-0.15, -0.1) is 0 Å². The van der Waals surface area contributed by atoms with E-state index in [1.165, 1.54) is 0 Å². The van der Waals surface area contributed by atoms with Crippen LogP contribution in [-0.2, 0) is 30.5 Å². The molecule has 36 heavy (non-hydrogen) atoms. The lowest BCUT2D eigenvalue weighted by Crippen LogP contribution is -2.31. The van der Waals surface area contributed by atoms with Crippen LogP contribution in [0, 0.1) is 0 Å². The Hall–Kier alpha value is -2.60. The van der Waals surface area contributed by atoms with Crippen LogP contribution in [0.2, 0.25) is 0 Å². The van der Waals surface area contributed by atoms with E-state index < -0.39 is 11.6 Å². The van der Waals surface area contributed by atoms with Gasteiger partial charge in [0.2, 0.25) is 0 Å². The monoisotopic (exact) mass is 610 g/mol. The predicted octanol–water partition coefficient (Wildman–Crippen LogP) is 4.95. The summed E-state index contributed by atoms with van der Waals surface area (Å²) < 4.78 is 25.8. The molecule has 0 N–H and O–H groups in total. The van der Waals surface area contributed by atoms with E-state index in [-0.39, 0.29) is 0 Å². The molecule has 0 radical (unpaired) electrons. The summed E-state index contributed by atoms with van der Waals surface area (Å²) in [7, 11) is 0. The first-order chi connectivity index (χ1) is 17.6. The minimum atomic E-state index is -1.20. The molecule has 2 aliphatic rings. The van der Waals surface area contributed by atoms with Crippen LogP contribution in [0.15, 0.2) is 82.0 Å². The van der Waals surface area contributed by atoms with Gasteiger partial charge >= 0.3 is 0 Å². The second kappa shape index (κ2) is 9.70. The number of hydrogen-bond donors (Lipinski definition) is 0. The van der Waals surface area contributed by atoms with Crippen LogP contribution < -0.4 is 0 Å². The van der Waals surface area contributed by atoms with E-state index >= 15 is 0 Å². The minimum absolute atomic E-state index is 0.435. The van der Waals surface area contributed by atoms with Gasteiger partial charge in [0, 0.05) is 0 Å². The molecule has 10 heteroatoms. The fourth-order valence-corrected chi connectivity index (χ4v) is 5.07. The van der Waals surface area contributed by atoms with E-state index in [4.69, 9.17) is 28.9 Å². The molecule has 6 rings (SSSR count). The molecule has 2 aliphatic heterocycles. The molecule has 0 bridgehead atoms. The van der Waals surface area contributed by atoms with Gasteiger partial charge in [-0.25, -0.2) is 19.9 Å². The molecule has 2 saturated heterocycles. The highest BCUT2D eigenvalue weighted by molar-refractivity contribution is 9.10. The summed E-state index contributed by atoms with van der Waals surface area (Å²) in [5.74, 6) is -2.40. The van der Waals surface area contributed by atoms with Crippen molar-refractivity contribution in [1.82, 2.24) is 19.9 Å². The molecule has 4 aromatic heterocycles. The largest absolute Gasteiger partial charge is 0.337 e. The van der Waals surface area contributed by atoms with E-state index in [9.17, 15) is 0 Å². The highest BCUT2D eigenvalue weighted by atomic mass is 79.9. The van der Waals surface area contributed by atoms with E-state index in [0.717, 1.165) is 0 Å². The third-order valence-electron chi connectivity index (χ3n) is 5.93. The Morgan fingerprint density at radius 3 is 1.17 bits per heavy atom. The van der Waals surface area contributed by atoms with Gasteiger partial charge in [0.1, 0.15) is 32.0 Å². The lowest BCUT2D eigenvalue weighted by molar-refractivity contribution is -0.136. The number of aromatic nitrogens is 4. The van der Waals surface area contributed by atoms with Gasteiger partial charge in [0.05, 0.1) is 37.8 Å². The first-order valence-corrected chi connectivity index (χ1v) is 13.0. The lowest BCUT2D eigenvalue weighted by Gasteiger charge is -2.27. The van der Waals surface area contributed by atoms with Crippen LogP contribution in [-0.4, -0.2) is 46.4 Å². The number of hydrogen-bond acceptors (Lipinski definition) is 8. The Morgan fingerprint density at radius 1 is 0.472 bits per heavy atom. The van der Waals surface area contributed by atoms with Crippen LogP contribution >= 0.6 is 31.9 Å². The second-order valence-corrected chi connectivity index (χ2v) is 9.76. The van der Waals surface area contributed by atoms with E-state index in [1.54, 1.807) is 0 Å². The predicted molar refractivity (Wildman–Crippen MR) is 137 cm³/mol. The van der Waals surface area contributed by atoms with Crippen molar-refractivity contribution in [1.29, 1.82) is 0 Å². The van der Waals surface area contributed by atoms with Crippen molar-refractivity contribution in [3.8, 4) is 11.4 Å². The van der Waals surface area contributed by atoms with Gasteiger partial charge < -0.3 is 18.9 Å². The van der Waals surface area contributed by atoms with Crippen molar-refractivity contribution in [2.45, 2.75) is 11.6 Å². The van der Waals surface area contributed by atoms with Gasteiger partial charge in [-0.05, 0) is 80.4 Å². The summed E-state index contributed by atoms with van der Waals surface area (Å²) in [4.78, 5) is 19.0. The van der Waals surface area contributed by atoms with Gasteiger partial charge in [-0.2, -0.15) is 0 Å². The fourth-order valence-electron chi connectivity index (χ4n) is 4.38. The molecule has 0 amide bonds. The van der Waals surface area contributed by atoms with Crippen LogP contribution in [0.4, 0.5) is 0 Å². The molecule has 182 valence electrons. The average molecular weight is 612 g/mol. The lowest BCUT2D eigenvalue weighted by atomic mass is 10.0. The maximum atomic E-state index is 6.11. The summed E-state index contributed by atoms with van der Waals surface area (Å²) in [6.45, 7) is 1.74. The molecule has 0 saturated carbocycles. The number of nitrogens with zero attached hydrogens (tertiary/aromatic N) is 4. The minimum Gasteiger partial charge on any atom is -0.337 e. The molecule has 4 aromatic rings.